The van der Waals surface area contributed by atoms with Gasteiger partial charge in [-0.1, -0.05) is 15.9 Å². The molecule has 0 amide bonds. The first kappa shape index (κ1) is 8.33. The van der Waals surface area contributed by atoms with Gasteiger partial charge in [-0.2, -0.15) is 5.26 Å². The molecule has 64 valence electrons. The molecule has 2 rings (SSSR count). The number of ether oxygens (including phenoxy) is 1. The van der Waals surface area contributed by atoms with E-state index in [1.807, 2.05) is 18.2 Å². The van der Waals surface area contributed by atoms with Crippen molar-refractivity contribution in [3.8, 4) is 11.8 Å². The highest BCUT2D eigenvalue weighted by atomic mass is 79.9. The van der Waals surface area contributed by atoms with E-state index in [0.717, 1.165) is 15.8 Å². The SMILES string of the molecule is N#CC1=CCOc2cc(Br)ccc21. The minimum absolute atomic E-state index is 0.479. The number of halogens is 1. The number of nitrogens with zero attached hydrogens (tertiary/aromatic N) is 1. The van der Waals surface area contributed by atoms with E-state index in [4.69, 9.17) is 10.00 Å². The van der Waals surface area contributed by atoms with Crippen LogP contribution in [0.25, 0.3) is 5.57 Å². The monoisotopic (exact) mass is 235 g/mol. The highest BCUT2D eigenvalue weighted by molar-refractivity contribution is 9.10. The molecule has 0 radical (unpaired) electrons. The van der Waals surface area contributed by atoms with Crippen LogP contribution in [0, 0.1) is 11.3 Å². The second-order valence-electron chi connectivity index (χ2n) is 2.68. The van der Waals surface area contributed by atoms with Crippen LogP contribution in [0.15, 0.2) is 28.7 Å². The summed E-state index contributed by atoms with van der Waals surface area (Å²) in [4.78, 5) is 0. The van der Waals surface area contributed by atoms with Crippen molar-refractivity contribution in [1.29, 1.82) is 5.26 Å². The molecule has 2 nitrogen and oxygen atoms in total. The Morgan fingerprint density at radius 1 is 1.46 bits per heavy atom. The molecule has 0 N–H and O–H groups in total. The molecule has 0 spiro atoms. The summed E-state index contributed by atoms with van der Waals surface area (Å²) < 4.78 is 6.34. The van der Waals surface area contributed by atoms with Gasteiger partial charge in [-0.15, -0.1) is 0 Å². The molecule has 0 atom stereocenters. The molecule has 1 aromatic carbocycles. The van der Waals surface area contributed by atoms with Crippen molar-refractivity contribution in [2.24, 2.45) is 0 Å². The van der Waals surface area contributed by atoms with E-state index in [2.05, 4.69) is 22.0 Å². The molecule has 1 aromatic rings. The van der Waals surface area contributed by atoms with Gasteiger partial charge in [0.1, 0.15) is 12.4 Å². The van der Waals surface area contributed by atoms with Crippen molar-refractivity contribution in [3.63, 3.8) is 0 Å². The van der Waals surface area contributed by atoms with Gasteiger partial charge in [0.05, 0.1) is 11.6 Å². The predicted octanol–water partition coefficient (Wildman–Crippen LogP) is 2.75. The Labute approximate surface area is 84.6 Å². The Hall–Kier alpha value is -1.27. The molecule has 3 heteroatoms. The average molecular weight is 236 g/mol. The van der Waals surface area contributed by atoms with Crippen LogP contribution in [0.2, 0.25) is 0 Å². The summed E-state index contributed by atoms with van der Waals surface area (Å²) in [5.41, 5.74) is 1.56. The van der Waals surface area contributed by atoms with Crippen molar-refractivity contribution in [3.05, 3.63) is 34.3 Å². The molecule has 0 unspecified atom stereocenters. The van der Waals surface area contributed by atoms with Crippen LogP contribution < -0.4 is 4.74 Å². The summed E-state index contributed by atoms with van der Waals surface area (Å²) in [6.07, 6.45) is 1.79. The summed E-state index contributed by atoms with van der Waals surface area (Å²) in [6.45, 7) is 0.479. The van der Waals surface area contributed by atoms with Crippen molar-refractivity contribution in [2.75, 3.05) is 6.61 Å². The number of benzene rings is 1. The molecule has 0 aliphatic carbocycles. The van der Waals surface area contributed by atoms with E-state index in [-0.39, 0.29) is 0 Å². The Bertz CT molecular complexity index is 417. The fourth-order valence-electron chi connectivity index (χ4n) is 1.27. The van der Waals surface area contributed by atoms with E-state index >= 15 is 0 Å². The quantitative estimate of drug-likeness (QED) is 0.693. The highest BCUT2D eigenvalue weighted by Gasteiger charge is 2.12. The topological polar surface area (TPSA) is 33.0 Å². The van der Waals surface area contributed by atoms with Gasteiger partial charge >= 0.3 is 0 Å². The number of rotatable bonds is 0. The zero-order valence-corrected chi connectivity index (χ0v) is 8.34. The molecule has 0 aromatic heterocycles. The van der Waals surface area contributed by atoms with Crippen LogP contribution >= 0.6 is 15.9 Å². The van der Waals surface area contributed by atoms with E-state index in [9.17, 15) is 0 Å². The third-order valence-corrected chi connectivity index (χ3v) is 2.37. The van der Waals surface area contributed by atoms with E-state index in [0.29, 0.717) is 12.2 Å². The summed E-state index contributed by atoms with van der Waals surface area (Å²) >= 11 is 3.35. The van der Waals surface area contributed by atoms with Gasteiger partial charge in [-0.05, 0) is 24.3 Å². The Morgan fingerprint density at radius 3 is 3.08 bits per heavy atom. The van der Waals surface area contributed by atoms with Crippen LogP contribution in [0.3, 0.4) is 0 Å². The second-order valence-corrected chi connectivity index (χ2v) is 3.60. The lowest BCUT2D eigenvalue weighted by atomic mass is 10.0. The Balaban J connectivity index is 2.57. The first-order valence-corrected chi connectivity index (χ1v) is 4.63. The van der Waals surface area contributed by atoms with Crippen LogP contribution in [-0.4, -0.2) is 6.61 Å². The molecule has 0 saturated carbocycles. The number of allylic oxidation sites excluding steroid dienone is 1. The minimum atomic E-state index is 0.479. The standard InChI is InChI=1S/C10H6BrNO/c11-8-1-2-9-7(6-12)3-4-13-10(9)5-8/h1-3,5H,4H2. The first-order valence-electron chi connectivity index (χ1n) is 3.84. The van der Waals surface area contributed by atoms with Gasteiger partial charge in [0.25, 0.3) is 0 Å². The van der Waals surface area contributed by atoms with Crippen molar-refractivity contribution < 1.29 is 4.74 Å². The second kappa shape index (κ2) is 3.23. The molecule has 0 bridgehead atoms. The zero-order chi connectivity index (χ0) is 9.26. The summed E-state index contributed by atoms with van der Waals surface area (Å²) in [5.74, 6) is 0.772. The van der Waals surface area contributed by atoms with Gasteiger partial charge in [0.15, 0.2) is 0 Å². The van der Waals surface area contributed by atoms with Crippen LogP contribution in [0.1, 0.15) is 5.56 Å². The lowest BCUT2D eigenvalue weighted by Crippen LogP contribution is -2.03. The predicted molar refractivity (Wildman–Crippen MR) is 53.2 cm³/mol. The number of hydrogen-bond acceptors (Lipinski definition) is 2. The lowest BCUT2D eigenvalue weighted by molar-refractivity contribution is 0.357. The molecule has 1 aliphatic rings. The third-order valence-electron chi connectivity index (χ3n) is 1.88. The van der Waals surface area contributed by atoms with Gasteiger partial charge in [-0.3, -0.25) is 0 Å². The summed E-state index contributed by atoms with van der Waals surface area (Å²) in [6, 6.07) is 7.80. The molecule has 0 fully saturated rings. The maximum absolute atomic E-state index is 8.82. The van der Waals surface area contributed by atoms with Crippen molar-refractivity contribution in [2.45, 2.75) is 0 Å². The molecule has 13 heavy (non-hydrogen) atoms. The van der Waals surface area contributed by atoms with E-state index in [1.165, 1.54) is 0 Å². The minimum Gasteiger partial charge on any atom is -0.489 e. The average Bonchev–Trinajstić information content (AvgIpc) is 2.16. The molecular weight excluding hydrogens is 230 g/mol. The molecule has 1 heterocycles. The zero-order valence-electron chi connectivity index (χ0n) is 6.75. The van der Waals surface area contributed by atoms with Crippen molar-refractivity contribution in [1.82, 2.24) is 0 Å². The molecular formula is C10H6BrNO. The van der Waals surface area contributed by atoms with Gasteiger partial charge < -0.3 is 4.74 Å². The maximum atomic E-state index is 8.82. The third kappa shape index (κ3) is 1.45. The van der Waals surface area contributed by atoms with E-state index in [1.54, 1.807) is 6.08 Å². The van der Waals surface area contributed by atoms with Crippen LogP contribution in [0.5, 0.6) is 5.75 Å². The summed E-state index contributed by atoms with van der Waals surface area (Å²) in [5, 5.41) is 8.82. The highest BCUT2D eigenvalue weighted by Crippen LogP contribution is 2.31. The number of fused-ring (bicyclic) bond motifs is 1. The number of nitriles is 1. The normalized spacial score (nSPS) is 13.7. The molecule has 1 aliphatic heterocycles. The van der Waals surface area contributed by atoms with Gasteiger partial charge in [0.2, 0.25) is 0 Å². The Kier molecular flexibility index (Phi) is 2.07. The van der Waals surface area contributed by atoms with Crippen molar-refractivity contribution >= 4 is 21.5 Å². The first-order chi connectivity index (χ1) is 6.31. The lowest BCUT2D eigenvalue weighted by Gasteiger charge is -2.14. The smallest absolute Gasteiger partial charge is 0.129 e. The molecule has 0 saturated heterocycles. The van der Waals surface area contributed by atoms with Crippen LogP contribution in [-0.2, 0) is 0 Å². The van der Waals surface area contributed by atoms with E-state index < -0.39 is 0 Å². The van der Waals surface area contributed by atoms with Crippen LogP contribution in [0.4, 0.5) is 0 Å². The largest absolute Gasteiger partial charge is 0.489 e. The van der Waals surface area contributed by atoms with Gasteiger partial charge in [0, 0.05) is 10.0 Å². The Morgan fingerprint density at radius 2 is 2.31 bits per heavy atom. The van der Waals surface area contributed by atoms with Gasteiger partial charge in [-0.25, -0.2) is 0 Å². The fourth-order valence-corrected chi connectivity index (χ4v) is 1.61. The summed E-state index contributed by atoms with van der Waals surface area (Å²) in [7, 11) is 0. The number of hydrogen-bond donors (Lipinski definition) is 0. The fraction of sp³-hybridized carbons (Fsp3) is 0.100. The maximum Gasteiger partial charge on any atom is 0.129 e.